The van der Waals surface area contributed by atoms with Crippen molar-refractivity contribution in [2.75, 3.05) is 0 Å². The third kappa shape index (κ3) is 1.12. The van der Waals surface area contributed by atoms with Crippen LogP contribution in [0.3, 0.4) is 0 Å². The van der Waals surface area contributed by atoms with Gasteiger partial charge in [0.2, 0.25) is 0 Å². The zero-order chi connectivity index (χ0) is 9.42. The Balaban J connectivity index is 2.77. The zero-order valence-corrected chi connectivity index (χ0v) is 6.28. The SMILES string of the molecule is O=C(O)c1cc(F)c2n[nH]nc2c1. The minimum Gasteiger partial charge on any atom is -0.478 e. The number of aromatic nitrogens is 3. The number of fused-ring (bicyclic) bond motifs is 1. The summed E-state index contributed by atoms with van der Waals surface area (Å²) in [5.74, 6) is -1.88. The van der Waals surface area contributed by atoms with Gasteiger partial charge < -0.3 is 5.11 Å². The Hall–Kier alpha value is -1.98. The van der Waals surface area contributed by atoms with Crippen molar-refractivity contribution in [1.82, 2.24) is 15.4 Å². The van der Waals surface area contributed by atoms with Crippen LogP contribution in [0.5, 0.6) is 0 Å². The Morgan fingerprint density at radius 1 is 1.46 bits per heavy atom. The Bertz CT molecular complexity index is 480. The summed E-state index contributed by atoms with van der Waals surface area (Å²) in [5.41, 5.74) is 0.112. The largest absolute Gasteiger partial charge is 0.478 e. The topological polar surface area (TPSA) is 78.9 Å². The molecule has 2 rings (SSSR count). The summed E-state index contributed by atoms with van der Waals surface area (Å²) in [4.78, 5) is 10.5. The summed E-state index contributed by atoms with van der Waals surface area (Å²) < 4.78 is 13.1. The summed E-state index contributed by atoms with van der Waals surface area (Å²) in [6.45, 7) is 0. The summed E-state index contributed by atoms with van der Waals surface area (Å²) >= 11 is 0. The molecule has 0 aliphatic heterocycles. The minimum atomic E-state index is -1.19. The molecule has 0 saturated carbocycles. The fourth-order valence-corrected chi connectivity index (χ4v) is 1.03. The van der Waals surface area contributed by atoms with Crippen molar-refractivity contribution in [2.45, 2.75) is 0 Å². The predicted octanol–water partition coefficient (Wildman–Crippen LogP) is 0.795. The molecule has 6 heteroatoms. The number of nitrogens with one attached hydrogen (secondary N) is 1. The molecule has 2 N–H and O–H groups in total. The summed E-state index contributed by atoms with van der Waals surface area (Å²) in [6.07, 6.45) is 0. The molecule has 0 bridgehead atoms. The molecule has 0 spiro atoms. The van der Waals surface area contributed by atoms with Crippen LogP contribution in [0.1, 0.15) is 10.4 Å². The lowest BCUT2D eigenvalue weighted by Gasteiger charge is -1.93. The van der Waals surface area contributed by atoms with Gasteiger partial charge in [-0.1, -0.05) is 0 Å². The van der Waals surface area contributed by atoms with Crippen molar-refractivity contribution < 1.29 is 14.3 Å². The average Bonchev–Trinajstić information content (AvgIpc) is 2.51. The highest BCUT2D eigenvalue weighted by Crippen LogP contribution is 2.15. The van der Waals surface area contributed by atoms with E-state index in [1.54, 1.807) is 0 Å². The number of nitrogens with zero attached hydrogens (tertiary/aromatic N) is 2. The Morgan fingerprint density at radius 3 is 2.92 bits per heavy atom. The second kappa shape index (κ2) is 2.51. The number of carbonyl (C=O) groups is 1. The van der Waals surface area contributed by atoms with E-state index in [4.69, 9.17) is 5.11 Å². The van der Waals surface area contributed by atoms with E-state index in [2.05, 4.69) is 15.4 Å². The van der Waals surface area contributed by atoms with Crippen molar-refractivity contribution in [3.8, 4) is 0 Å². The second-order valence-corrected chi connectivity index (χ2v) is 2.45. The predicted molar refractivity (Wildman–Crippen MR) is 40.8 cm³/mol. The highest BCUT2D eigenvalue weighted by atomic mass is 19.1. The van der Waals surface area contributed by atoms with Gasteiger partial charge in [-0.25, -0.2) is 9.18 Å². The fraction of sp³-hybridized carbons (Fsp3) is 0. The molecule has 0 saturated heterocycles. The van der Waals surface area contributed by atoms with Gasteiger partial charge in [0.05, 0.1) is 5.56 Å². The number of H-pyrrole nitrogens is 1. The molecular weight excluding hydrogens is 177 g/mol. The lowest BCUT2D eigenvalue weighted by Crippen LogP contribution is -1.97. The molecule has 1 heterocycles. The van der Waals surface area contributed by atoms with Crippen molar-refractivity contribution in [2.24, 2.45) is 0 Å². The van der Waals surface area contributed by atoms with E-state index < -0.39 is 11.8 Å². The molecule has 0 amide bonds. The van der Waals surface area contributed by atoms with E-state index in [1.807, 2.05) is 0 Å². The maximum absolute atomic E-state index is 13.1. The number of carboxylic acids is 1. The monoisotopic (exact) mass is 181 g/mol. The second-order valence-electron chi connectivity index (χ2n) is 2.45. The lowest BCUT2D eigenvalue weighted by molar-refractivity contribution is 0.0696. The summed E-state index contributed by atoms with van der Waals surface area (Å²) in [6, 6.07) is 2.16. The standard InChI is InChI=1S/C7H4FN3O2/c8-4-1-3(7(12)13)2-5-6(4)10-11-9-5/h1-2H,(H,12,13)(H,9,10,11). The highest BCUT2D eigenvalue weighted by molar-refractivity contribution is 5.92. The number of hydrogen-bond acceptors (Lipinski definition) is 3. The van der Waals surface area contributed by atoms with Gasteiger partial charge in [0.25, 0.3) is 0 Å². The fourth-order valence-electron chi connectivity index (χ4n) is 1.03. The van der Waals surface area contributed by atoms with E-state index in [0.717, 1.165) is 6.07 Å². The van der Waals surface area contributed by atoms with Gasteiger partial charge in [-0.05, 0) is 12.1 Å². The molecule has 2 aromatic rings. The highest BCUT2D eigenvalue weighted by Gasteiger charge is 2.11. The number of rotatable bonds is 1. The van der Waals surface area contributed by atoms with E-state index in [0.29, 0.717) is 0 Å². The number of aromatic carboxylic acids is 1. The summed E-state index contributed by atoms with van der Waals surface area (Å²) in [5, 5.41) is 17.9. The van der Waals surface area contributed by atoms with Crippen molar-refractivity contribution in [1.29, 1.82) is 0 Å². The molecule has 0 aliphatic carbocycles. The third-order valence-corrected chi connectivity index (χ3v) is 1.62. The van der Waals surface area contributed by atoms with E-state index in [9.17, 15) is 9.18 Å². The van der Waals surface area contributed by atoms with Crippen LogP contribution < -0.4 is 0 Å². The van der Waals surface area contributed by atoms with Gasteiger partial charge in [-0.3, -0.25) is 0 Å². The van der Waals surface area contributed by atoms with E-state index in [-0.39, 0.29) is 16.6 Å². The lowest BCUT2D eigenvalue weighted by atomic mass is 10.2. The Labute approximate surface area is 71.2 Å². The maximum atomic E-state index is 13.1. The number of hydrogen-bond donors (Lipinski definition) is 2. The normalized spacial score (nSPS) is 10.5. The quantitative estimate of drug-likeness (QED) is 0.681. The average molecular weight is 181 g/mol. The molecule has 1 aromatic carbocycles. The first-order valence-corrected chi connectivity index (χ1v) is 3.42. The van der Waals surface area contributed by atoms with Crippen LogP contribution in [0.15, 0.2) is 12.1 Å². The minimum absolute atomic E-state index is 0.0463. The molecule has 0 atom stereocenters. The molecule has 5 nitrogen and oxygen atoms in total. The van der Waals surface area contributed by atoms with Crippen molar-refractivity contribution in [3.63, 3.8) is 0 Å². The van der Waals surface area contributed by atoms with Crippen LogP contribution in [0.2, 0.25) is 0 Å². The van der Waals surface area contributed by atoms with Crippen LogP contribution in [0.4, 0.5) is 4.39 Å². The van der Waals surface area contributed by atoms with Crippen molar-refractivity contribution in [3.05, 3.63) is 23.5 Å². The first-order chi connectivity index (χ1) is 6.18. The molecule has 66 valence electrons. The smallest absolute Gasteiger partial charge is 0.335 e. The number of benzene rings is 1. The molecule has 0 unspecified atom stereocenters. The molecule has 0 fully saturated rings. The first kappa shape index (κ1) is 7.66. The zero-order valence-electron chi connectivity index (χ0n) is 6.28. The molecule has 0 radical (unpaired) electrons. The number of carboxylic acid groups (broad SMARTS) is 1. The van der Waals surface area contributed by atoms with Crippen LogP contribution in [0.25, 0.3) is 11.0 Å². The molecule has 0 aliphatic rings. The number of aromatic amines is 1. The number of halogens is 1. The van der Waals surface area contributed by atoms with Gasteiger partial charge in [0.1, 0.15) is 11.0 Å². The van der Waals surface area contributed by atoms with E-state index >= 15 is 0 Å². The van der Waals surface area contributed by atoms with Crippen LogP contribution in [0, 0.1) is 5.82 Å². The first-order valence-electron chi connectivity index (χ1n) is 3.42. The van der Waals surface area contributed by atoms with Crippen LogP contribution in [-0.2, 0) is 0 Å². The maximum Gasteiger partial charge on any atom is 0.335 e. The van der Waals surface area contributed by atoms with Gasteiger partial charge in [0.15, 0.2) is 5.82 Å². The Kier molecular flexibility index (Phi) is 1.48. The van der Waals surface area contributed by atoms with Crippen LogP contribution >= 0.6 is 0 Å². The molecule has 1 aromatic heterocycles. The van der Waals surface area contributed by atoms with Gasteiger partial charge in [-0.15, -0.1) is 0 Å². The van der Waals surface area contributed by atoms with Crippen LogP contribution in [-0.4, -0.2) is 26.5 Å². The Morgan fingerprint density at radius 2 is 2.23 bits per heavy atom. The van der Waals surface area contributed by atoms with Gasteiger partial charge in [0, 0.05) is 0 Å². The van der Waals surface area contributed by atoms with E-state index in [1.165, 1.54) is 6.07 Å². The van der Waals surface area contributed by atoms with Gasteiger partial charge >= 0.3 is 5.97 Å². The summed E-state index contributed by atoms with van der Waals surface area (Å²) in [7, 11) is 0. The molecular formula is C7H4FN3O2. The molecule has 13 heavy (non-hydrogen) atoms. The third-order valence-electron chi connectivity index (χ3n) is 1.62. The van der Waals surface area contributed by atoms with Crippen molar-refractivity contribution >= 4 is 17.0 Å². The van der Waals surface area contributed by atoms with Gasteiger partial charge in [-0.2, -0.15) is 15.4 Å².